The van der Waals surface area contributed by atoms with E-state index in [2.05, 4.69) is 10.3 Å². The van der Waals surface area contributed by atoms with E-state index in [-0.39, 0.29) is 17.6 Å². The molecule has 118 valence electrons. The normalized spacial score (nSPS) is 12.9. The van der Waals surface area contributed by atoms with Crippen molar-refractivity contribution in [1.82, 2.24) is 4.98 Å². The van der Waals surface area contributed by atoms with Gasteiger partial charge in [-0.05, 0) is 43.2 Å². The molecular weight excluding hydrogens is 294 g/mol. The van der Waals surface area contributed by atoms with Crippen molar-refractivity contribution in [2.75, 3.05) is 16.8 Å². The van der Waals surface area contributed by atoms with Crippen LogP contribution < -0.4 is 10.2 Å². The second-order valence-electron chi connectivity index (χ2n) is 5.58. The molecule has 2 aromatic rings. The number of anilines is 2. The summed E-state index contributed by atoms with van der Waals surface area (Å²) in [6.45, 7) is 3.66. The molecule has 2 heterocycles. The highest BCUT2D eigenvalue weighted by atomic mass is 16.2. The van der Waals surface area contributed by atoms with Crippen molar-refractivity contribution >= 4 is 29.0 Å². The zero-order chi connectivity index (χ0) is 16.6. The maximum Gasteiger partial charge on any atom is 0.272 e. The summed E-state index contributed by atoms with van der Waals surface area (Å²) in [7, 11) is 0. The molecule has 1 aromatic heterocycles. The molecule has 0 fully saturated rings. The fourth-order valence-corrected chi connectivity index (χ4v) is 2.73. The summed E-state index contributed by atoms with van der Waals surface area (Å²) in [5.41, 5.74) is 3.41. The number of Topliss-reactive ketones (excluding diaryl/α,β-unsaturated/α-hetero) is 1. The Morgan fingerprint density at radius 2 is 1.96 bits per heavy atom. The van der Waals surface area contributed by atoms with Crippen LogP contribution in [0.25, 0.3) is 0 Å². The molecule has 0 saturated carbocycles. The highest BCUT2D eigenvalue weighted by Gasteiger charge is 2.22. The van der Waals surface area contributed by atoms with Gasteiger partial charge in [0.1, 0.15) is 5.69 Å². The molecular formula is C17H17N3O3. The molecule has 2 N–H and O–H groups in total. The standard InChI is InChI=1S/C17H17N3O3/c1-10(21)13-8-15(18-9-13)17(23)19-14-3-4-16-12(7-14)5-6-20(16)11(2)22/h3-4,7-9,18H,5-6H2,1-2H3,(H,19,23). The van der Waals surface area contributed by atoms with Gasteiger partial charge in [0, 0.05) is 36.6 Å². The molecule has 3 rings (SSSR count). The van der Waals surface area contributed by atoms with Crippen LogP contribution in [-0.4, -0.2) is 29.1 Å². The number of hydrogen-bond acceptors (Lipinski definition) is 3. The molecule has 6 heteroatoms. The molecule has 2 amide bonds. The van der Waals surface area contributed by atoms with Crippen LogP contribution in [-0.2, 0) is 11.2 Å². The quantitative estimate of drug-likeness (QED) is 0.854. The number of nitrogens with zero attached hydrogens (tertiary/aromatic N) is 1. The minimum atomic E-state index is -0.307. The van der Waals surface area contributed by atoms with E-state index in [9.17, 15) is 14.4 Å². The number of rotatable bonds is 3. The molecule has 0 saturated heterocycles. The van der Waals surface area contributed by atoms with E-state index in [0.717, 1.165) is 17.7 Å². The third kappa shape index (κ3) is 2.88. The summed E-state index contributed by atoms with van der Waals surface area (Å²) in [5.74, 6) is -0.385. The largest absolute Gasteiger partial charge is 0.356 e. The predicted octanol–water partition coefficient (Wildman–Crippen LogP) is 2.38. The number of fused-ring (bicyclic) bond motifs is 1. The van der Waals surface area contributed by atoms with E-state index in [4.69, 9.17) is 0 Å². The number of amides is 2. The maximum absolute atomic E-state index is 12.2. The SMILES string of the molecule is CC(=O)c1c[nH]c(C(=O)Nc2ccc3c(c2)CCN3C(C)=O)c1. The summed E-state index contributed by atoms with van der Waals surface area (Å²) in [6, 6.07) is 7.02. The molecule has 6 nitrogen and oxygen atoms in total. The van der Waals surface area contributed by atoms with Gasteiger partial charge in [-0.3, -0.25) is 14.4 Å². The Balaban J connectivity index is 1.77. The lowest BCUT2D eigenvalue weighted by atomic mass is 10.1. The molecule has 0 atom stereocenters. The third-order valence-electron chi connectivity index (χ3n) is 3.95. The van der Waals surface area contributed by atoms with Gasteiger partial charge in [0.15, 0.2) is 5.78 Å². The average Bonchev–Trinajstić information content (AvgIpc) is 3.13. The number of nitrogens with one attached hydrogen (secondary N) is 2. The summed E-state index contributed by atoms with van der Waals surface area (Å²) in [5, 5.41) is 2.80. The topological polar surface area (TPSA) is 82.3 Å². The van der Waals surface area contributed by atoms with Crippen LogP contribution >= 0.6 is 0 Å². The van der Waals surface area contributed by atoms with Crippen molar-refractivity contribution in [3.8, 4) is 0 Å². The van der Waals surface area contributed by atoms with Crippen LogP contribution in [0.5, 0.6) is 0 Å². The van der Waals surface area contributed by atoms with Crippen LogP contribution in [0.3, 0.4) is 0 Å². The van der Waals surface area contributed by atoms with E-state index in [1.165, 1.54) is 19.2 Å². The van der Waals surface area contributed by atoms with Crippen molar-refractivity contribution in [3.05, 3.63) is 47.3 Å². The van der Waals surface area contributed by atoms with E-state index < -0.39 is 0 Å². The molecule has 0 unspecified atom stereocenters. The van der Waals surface area contributed by atoms with Gasteiger partial charge in [0.05, 0.1) is 0 Å². The van der Waals surface area contributed by atoms with Gasteiger partial charge < -0.3 is 15.2 Å². The first-order valence-electron chi connectivity index (χ1n) is 7.37. The molecule has 1 aliphatic heterocycles. The van der Waals surface area contributed by atoms with Gasteiger partial charge in [-0.15, -0.1) is 0 Å². The summed E-state index contributed by atoms with van der Waals surface area (Å²) < 4.78 is 0. The lowest BCUT2D eigenvalue weighted by molar-refractivity contribution is -0.116. The third-order valence-corrected chi connectivity index (χ3v) is 3.95. The Hall–Kier alpha value is -2.89. The fourth-order valence-electron chi connectivity index (χ4n) is 2.73. The minimum absolute atomic E-state index is 0.0173. The number of aromatic nitrogens is 1. The monoisotopic (exact) mass is 311 g/mol. The minimum Gasteiger partial charge on any atom is -0.356 e. The highest BCUT2D eigenvalue weighted by Crippen LogP contribution is 2.30. The van der Waals surface area contributed by atoms with E-state index in [1.54, 1.807) is 17.9 Å². The van der Waals surface area contributed by atoms with Crippen molar-refractivity contribution in [3.63, 3.8) is 0 Å². The molecule has 0 radical (unpaired) electrons. The van der Waals surface area contributed by atoms with Gasteiger partial charge in [-0.25, -0.2) is 0 Å². The van der Waals surface area contributed by atoms with Crippen LogP contribution in [0, 0.1) is 0 Å². The number of aromatic amines is 1. The second-order valence-corrected chi connectivity index (χ2v) is 5.58. The zero-order valence-electron chi connectivity index (χ0n) is 13.0. The van der Waals surface area contributed by atoms with Gasteiger partial charge in [-0.1, -0.05) is 0 Å². The van der Waals surface area contributed by atoms with Gasteiger partial charge in [-0.2, -0.15) is 0 Å². The number of hydrogen-bond donors (Lipinski definition) is 2. The summed E-state index contributed by atoms with van der Waals surface area (Å²) in [6.07, 6.45) is 2.29. The molecule has 0 bridgehead atoms. The zero-order valence-corrected chi connectivity index (χ0v) is 13.0. The van der Waals surface area contributed by atoms with Gasteiger partial charge in [0.2, 0.25) is 5.91 Å². The number of H-pyrrole nitrogens is 1. The van der Waals surface area contributed by atoms with Gasteiger partial charge in [0.25, 0.3) is 5.91 Å². The molecule has 23 heavy (non-hydrogen) atoms. The molecule has 0 aliphatic carbocycles. The van der Waals surface area contributed by atoms with Gasteiger partial charge >= 0.3 is 0 Å². The number of carbonyl (C=O) groups is 3. The van der Waals surface area contributed by atoms with E-state index in [1.807, 2.05) is 12.1 Å². The first kappa shape index (κ1) is 15.0. The lowest BCUT2D eigenvalue weighted by Gasteiger charge is -2.15. The smallest absolute Gasteiger partial charge is 0.272 e. The average molecular weight is 311 g/mol. The van der Waals surface area contributed by atoms with Crippen LogP contribution in [0.1, 0.15) is 40.3 Å². The Labute approximate surface area is 133 Å². The van der Waals surface area contributed by atoms with Crippen molar-refractivity contribution in [2.24, 2.45) is 0 Å². The Morgan fingerprint density at radius 1 is 1.17 bits per heavy atom. The number of benzene rings is 1. The van der Waals surface area contributed by atoms with Crippen molar-refractivity contribution in [1.29, 1.82) is 0 Å². The second kappa shape index (κ2) is 5.72. The fraction of sp³-hybridized carbons (Fsp3) is 0.235. The Morgan fingerprint density at radius 3 is 2.61 bits per heavy atom. The summed E-state index contributed by atoms with van der Waals surface area (Å²) in [4.78, 5) is 39.5. The molecule has 0 spiro atoms. The first-order valence-corrected chi connectivity index (χ1v) is 7.37. The summed E-state index contributed by atoms with van der Waals surface area (Å²) >= 11 is 0. The van der Waals surface area contributed by atoms with Crippen LogP contribution in [0.15, 0.2) is 30.5 Å². The van der Waals surface area contributed by atoms with E-state index in [0.29, 0.717) is 23.5 Å². The first-order chi connectivity index (χ1) is 11.0. The van der Waals surface area contributed by atoms with Crippen LogP contribution in [0.2, 0.25) is 0 Å². The van der Waals surface area contributed by atoms with Crippen molar-refractivity contribution in [2.45, 2.75) is 20.3 Å². The number of ketones is 1. The number of carbonyl (C=O) groups excluding carboxylic acids is 3. The molecule has 1 aromatic carbocycles. The lowest BCUT2D eigenvalue weighted by Crippen LogP contribution is -2.25. The van der Waals surface area contributed by atoms with Crippen molar-refractivity contribution < 1.29 is 14.4 Å². The maximum atomic E-state index is 12.2. The highest BCUT2D eigenvalue weighted by molar-refractivity contribution is 6.05. The van der Waals surface area contributed by atoms with Crippen LogP contribution in [0.4, 0.5) is 11.4 Å². The Kier molecular flexibility index (Phi) is 3.73. The Bertz CT molecular complexity index is 807. The molecule has 1 aliphatic rings. The predicted molar refractivity (Wildman–Crippen MR) is 86.9 cm³/mol. The van der Waals surface area contributed by atoms with E-state index >= 15 is 0 Å².